The molecule has 2 aliphatic heterocycles. The van der Waals surface area contributed by atoms with Gasteiger partial charge < -0.3 is 20.1 Å². The van der Waals surface area contributed by atoms with E-state index >= 15 is 0 Å². The summed E-state index contributed by atoms with van der Waals surface area (Å²) >= 11 is 0. The van der Waals surface area contributed by atoms with E-state index < -0.39 is 0 Å². The second-order valence-corrected chi connectivity index (χ2v) is 6.66. The van der Waals surface area contributed by atoms with E-state index in [-0.39, 0.29) is 18.2 Å². The molecule has 2 amide bonds. The fraction of sp³-hybridized carbons (Fsp3) is 0.611. The molecular formula is C18H26N2O3. The summed E-state index contributed by atoms with van der Waals surface area (Å²) in [6, 6.07) is 8.07. The lowest BCUT2D eigenvalue weighted by Crippen LogP contribution is -2.47. The van der Waals surface area contributed by atoms with E-state index in [0.29, 0.717) is 25.2 Å². The summed E-state index contributed by atoms with van der Waals surface area (Å²) in [6.07, 6.45) is 3.69. The molecule has 2 heterocycles. The topological polar surface area (TPSA) is 59.6 Å². The van der Waals surface area contributed by atoms with E-state index in [0.717, 1.165) is 25.0 Å². The lowest BCUT2D eigenvalue weighted by molar-refractivity contribution is 0.0981. The minimum absolute atomic E-state index is 0.133. The lowest BCUT2D eigenvalue weighted by atomic mass is 9.96. The Morgan fingerprint density at radius 2 is 2.17 bits per heavy atom. The molecule has 0 spiro atoms. The predicted octanol–water partition coefficient (Wildman–Crippen LogP) is 2.81. The first-order chi connectivity index (χ1) is 11.1. The molecular weight excluding hydrogens is 292 g/mol. The Hall–Kier alpha value is -1.75. The number of benzene rings is 1. The standard InChI is InChI=1S/C18H26N2O3/c1-12(2)14-5-3-4-6-16(14)22-10-9-19-18(21)20-15-11-13-7-8-17(15)23-13/h3-6,12-13,15,17H,7-11H2,1-2H3,(H2,19,20,21)/t13-,15-,17-/m1/s1. The van der Waals surface area contributed by atoms with Crippen LogP contribution in [-0.4, -0.2) is 37.4 Å². The van der Waals surface area contributed by atoms with Crippen molar-refractivity contribution in [1.29, 1.82) is 0 Å². The monoisotopic (exact) mass is 318 g/mol. The van der Waals surface area contributed by atoms with E-state index in [1.165, 1.54) is 5.56 Å². The molecule has 23 heavy (non-hydrogen) atoms. The minimum atomic E-state index is -0.133. The second-order valence-electron chi connectivity index (χ2n) is 6.66. The molecule has 2 fully saturated rings. The number of fused-ring (bicyclic) bond motifs is 2. The zero-order valence-electron chi connectivity index (χ0n) is 13.9. The molecule has 2 aliphatic rings. The van der Waals surface area contributed by atoms with E-state index in [4.69, 9.17) is 9.47 Å². The van der Waals surface area contributed by atoms with Gasteiger partial charge in [-0.15, -0.1) is 0 Å². The van der Waals surface area contributed by atoms with Gasteiger partial charge in [-0.2, -0.15) is 0 Å². The first kappa shape index (κ1) is 16.1. The number of rotatable bonds is 6. The van der Waals surface area contributed by atoms with E-state index in [2.05, 4.69) is 30.5 Å². The van der Waals surface area contributed by atoms with Crippen molar-refractivity contribution in [3.05, 3.63) is 29.8 Å². The highest BCUT2D eigenvalue weighted by atomic mass is 16.5. The number of carbonyl (C=O) groups excluding carboxylic acids is 1. The largest absolute Gasteiger partial charge is 0.491 e. The van der Waals surface area contributed by atoms with Crippen molar-refractivity contribution < 1.29 is 14.3 Å². The van der Waals surface area contributed by atoms with Crippen LogP contribution in [0.2, 0.25) is 0 Å². The van der Waals surface area contributed by atoms with Gasteiger partial charge in [0, 0.05) is 0 Å². The maximum Gasteiger partial charge on any atom is 0.315 e. The summed E-state index contributed by atoms with van der Waals surface area (Å²) < 4.78 is 11.5. The molecule has 5 nitrogen and oxygen atoms in total. The first-order valence-corrected chi connectivity index (χ1v) is 8.55. The van der Waals surface area contributed by atoms with Crippen LogP contribution < -0.4 is 15.4 Å². The van der Waals surface area contributed by atoms with Crippen LogP contribution in [0, 0.1) is 0 Å². The van der Waals surface area contributed by atoms with Gasteiger partial charge in [0.25, 0.3) is 0 Å². The van der Waals surface area contributed by atoms with Crippen LogP contribution in [0.15, 0.2) is 24.3 Å². The third-order valence-electron chi connectivity index (χ3n) is 4.61. The molecule has 1 aromatic carbocycles. The smallest absolute Gasteiger partial charge is 0.315 e. The molecule has 5 heteroatoms. The number of ether oxygens (including phenoxy) is 2. The maximum absolute atomic E-state index is 11.9. The van der Waals surface area contributed by atoms with Gasteiger partial charge in [0.05, 0.1) is 24.8 Å². The second kappa shape index (κ2) is 7.21. The van der Waals surface area contributed by atoms with E-state index in [1.807, 2.05) is 18.2 Å². The van der Waals surface area contributed by atoms with E-state index in [1.54, 1.807) is 0 Å². The van der Waals surface area contributed by atoms with Crippen LogP contribution in [0.5, 0.6) is 5.75 Å². The van der Waals surface area contributed by atoms with E-state index in [9.17, 15) is 4.79 Å². The Kier molecular flexibility index (Phi) is 5.06. The minimum Gasteiger partial charge on any atom is -0.491 e. The molecule has 2 bridgehead atoms. The van der Waals surface area contributed by atoms with Crippen molar-refractivity contribution in [3.63, 3.8) is 0 Å². The summed E-state index contributed by atoms with van der Waals surface area (Å²) in [7, 11) is 0. The van der Waals surface area contributed by atoms with Crippen molar-refractivity contribution in [2.24, 2.45) is 0 Å². The molecule has 3 rings (SSSR count). The van der Waals surface area contributed by atoms with Crippen LogP contribution in [0.4, 0.5) is 4.79 Å². The van der Waals surface area contributed by atoms with Crippen molar-refractivity contribution in [2.45, 2.75) is 57.3 Å². The van der Waals surface area contributed by atoms with Gasteiger partial charge in [0.15, 0.2) is 0 Å². The van der Waals surface area contributed by atoms with Crippen LogP contribution in [0.1, 0.15) is 44.6 Å². The van der Waals surface area contributed by atoms with Gasteiger partial charge in [0.2, 0.25) is 0 Å². The molecule has 0 aliphatic carbocycles. The quantitative estimate of drug-likeness (QED) is 0.793. The van der Waals surface area contributed by atoms with Gasteiger partial charge in [-0.1, -0.05) is 32.0 Å². The van der Waals surface area contributed by atoms with Crippen LogP contribution in [0.25, 0.3) is 0 Å². The fourth-order valence-electron chi connectivity index (χ4n) is 3.42. The van der Waals surface area contributed by atoms with Crippen LogP contribution in [0.3, 0.4) is 0 Å². The molecule has 3 atom stereocenters. The number of amides is 2. The zero-order valence-corrected chi connectivity index (χ0v) is 13.9. The average Bonchev–Trinajstić information content (AvgIpc) is 3.14. The normalized spacial score (nSPS) is 25.6. The van der Waals surface area contributed by atoms with Gasteiger partial charge in [-0.05, 0) is 36.8 Å². The Labute approximate surface area is 137 Å². The highest BCUT2D eigenvalue weighted by molar-refractivity contribution is 5.74. The summed E-state index contributed by atoms with van der Waals surface area (Å²) in [5, 5.41) is 5.87. The number of urea groups is 1. The third-order valence-corrected chi connectivity index (χ3v) is 4.61. The van der Waals surface area contributed by atoms with Gasteiger partial charge >= 0.3 is 6.03 Å². The molecule has 0 radical (unpaired) electrons. The third kappa shape index (κ3) is 3.96. The first-order valence-electron chi connectivity index (χ1n) is 8.55. The predicted molar refractivity (Wildman–Crippen MR) is 88.9 cm³/mol. The molecule has 0 unspecified atom stereocenters. The highest BCUT2D eigenvalue weighted by Crippen LogP contribution is 2.34. The van der Waals surface area contributed by atoms with Crippen molar-refractivity contribution >= 4 is 6.03 Å². The summed E-state index contributed by atoms with van der Waals surface area (Å²) in [5.41, 5.74) is 1.19. The van der Waals surface area contributed by atoms with Crippen molar-refractivity contribution in [2.75, 3.05) is 13.2 Å². The van der Waals surface area contributed by atoms with Gasteiger partial charge in [-0.3, -0.25) is 0 Å². The molecule has 1 aromatic rings. The van der Waals surface area contributed by atoms with Crippen molar-refractivity contribution in [3.8, 4) is 5.75 Å². The maximum atomic E-state index is 11.9. The van der Waals surface area contributed by atoms with Crippen LogP contribution in [-0.2, 0) is 4.74 Å². The Morgan fingerprint density at radius 1 is 1.35 bits per heavy atom. The fourth-order valence-corrected chi connectivity index (χ4v) is 3.42. The lowest BCUT2D eigenvalue weighted by Gasteiger charge is -2.20. The van der Waals surface area contributed by atoms with Gasteiger partial charge in [-0.25, -0.2) is 4.79 Å². The summed E-state index contributed by atoms with van der Waals surface area (Å²) in [5.74, 6) is 1.31. The SMILES string of the molecule is CC(C)c1ccccc1OCCNC(=O)N[C@@H]1C[C@H]2CC[C@H]1O2. The molecule has 2 N–H and O–H groups in total. The Balaban J connectivity index is 1.37. The number of hydrogen-bond donors (Lipinski definition) is 2. The Bertz CT molecular complexity index is 547. The van der Waals surface area contributed by atoms with Gasteiger partial charge in [0.1, 0.15) is 12.4 Å². The number of nitrogens with one attached hydrogen (secondary N) is 2. The average molecular weight is 318 g/mol. The van der Waals surface area contributed by atoms with Crippen LogP contribution >= 0.6 is 0 Å². The molecule has 126 valence electrons. The summed E-state index contributed by atoms with van der Waals surface area (Å²) in [6.45, 7) is 5.24. The highest BCUT2D eigenvalue weighted by Gasteiger charge is 2.41. The number of para-hydroxylation sites is 1. The molecule has 0 aromatic heterocycles. The Morgan fingerprint density at radius 3 is 2.87 bits per heavy atom. The zero-order chi connectivity index (χ0) is 16.2. The molecule has 0 saturated carbocycles. The van der Waals surface area contributed by atoms with Crippen molar-refractivity contribution in [1.82, 2.24) is 10.6 Å². The number of carbonyl (C=O) groups is 1. The number of hydrogen-bond acceptors (Lipinski definition) is 3. The summed E-state index contributed by atoms with van der Waals surface area (Å²) in [4.78, 5) is 11.9. The molecule has 2 saturated heterocycles.